The molecule has 2 rings (SSSR count). The minimum atomic E-state index is -1.68. The zero-order chi connectivity index (χ0) is 26.4. The van der Waals surface area contributed by atoms with Crippen molar-refractivity contribution in [3.05, 3.63) is 70.4 Å². The zero-order valence-corrected chi connectivity index (χ0v) is 27.4. The molecule has 0 aliphatic heterocycles. The normalized spacial score (nSPS) is 12.9. The summed E-state index contributed by atoms with van der Waals surface area (Å²) in [6.07, 6.45) is 2.25. The number of nitrogens with zero attached hydrogens (tertiary/aromatic N) is 2. The van der Waals surface area contributed by atoms with E-state index in [1.165, 1.54) is 52.6 Å². The van der Waals surface area contributed by atoms with Crippen molar-refractivity contribution in [2.45, 2.75) is 98.7 Å². The molecule has 0 spiro atoms. The number of allylic oxidation sites excluding steroid dienone is 2. The Kier molecular flexibility index (Phi) is 11.5. The molecule has 3 nitrogen and oxygen atoms in total. The molecule has 2 aromatic rings. The number of hydrogen-bond acceptors (Lipinski definition) is 3. The SMILES string of the molecule is CC(/C=C(/C)[N](c1c(C(C)C)cccc1C(C)C)[Al]([CH3])[O][Ga])=Nc1c(C(C)C)cccc1C(C)C. The molecule has 2 radical (unpaired) electrons. The van der Waals surface area contributed by atoms with Gasteiger partial charge < -0.3 is 0 Å². The summed E-state index contributed by atoms with van der Waals surface area (Å²) in [5.41, 5.74) is 10.1. The molecule has 0 fully saturated rings. The van der Waals surface area contributed by atoms with Crippen LogP contribution in [0.5, 0.6) is 0 Å². The molecular weight excluding hydrogens is 501 g/mol. The predicted molar refractivity (Wildman–Crippen MR) is 157 cm³/mol. The molecule has 5 heteroatoms. The van der Waals surface area contributed by atoms with Gasteiger partial charge in [-0.3, -0.25) is 0 Å². The van der Waals surface area contributed by atoms with Crippen LogP contribution in [-0.2, 0) is 2.58 Å². The third-order valence-corrected chi connectivity index (χ3v) is 10.8. The van der Waals surface area contributed by atoms with E-state index < -0.39 is 14.7 Å². The number of hydrogen-bond donors (Lipinski definition) is 0. The van der Waals surface area contributed by atoms with Crippen LogP contribution in [0.3, 0.4) is 0 Å². The molecule has 0 N–H and O–H groups in total. The van der Waals surface area contributed by atoms with E-state index in [4.69, 9.17) is 7.57 Å². The van der Waals surface area contributed by atoms with E-state index in [2.05, 4.69) is 121 Å². The van der Waals surface area contributed by atoms with E-state index >= 15 is 0 Å². The molecule has 0 aliphatic carbocycles. The van der Waals surface area contributed by atoms with Crippen LogP contribution in [0.2, 0.25) is 5.79 Å². The average Bonchev–Trinajstić information content (AvgIpc) is 2.78. The first kappa shape index (κ1) is 30.0. The van der Waals surface area contributed by atoms with Gasteiger partial charge in [0.1, 0.15) is 0 Å². The summed E-state index contributed by atoms with van der Waals surface area (Å²) in [6.45, 7) is 22.5. The molecular formula is C30H44AlGaN2O. The summed E-state index contributed by atoms with van der Waals surface area (Å²) in [4.78, 5) is 5.21. The Labute approximate surface area is 230 Å². The van der Waals surface area contributed by atoms with Crippen molar-refractivity contribution in [2.75, 3.05) is 3.88 Å². The van der Waals surface area contributed by atoms with Crippen molar-refractivity contribution in [2.24, 2.45) is 4.99 Å². The van der Waals surface area contributed by atoms with E-state index in [0.717, 1.165) is 11.4 Å². The van der Waals surface area contributed by atoms with Gasteiger partial charge in [-0.05, 0) is 0 Å². The maximum absolute atomic E-state index is 6.10. The first-order valence-electron chi connectivity index (χ1n) is 13.0. The number of aliphatic imine (C=N–C) groups is 1. The number of rotatable bonds is 10. The Morgan fingerprint density at radius 2 is 1.20 bits per heavy atom. The standard InChI is InChI=1S/C29H41N2.CH3.Al.Ga.O/c1-18(2)24-13-11-14-25(19(3)4)28(24)30-22(9)17-23(10)31-29-26(20(5)6)15-12-16-27(29)21(7)8;;;;/h11-21H,1-10H3;1H3;;;/q-1;;+1;;/b22-17-,31-23?;;;;. The van der Waals surface area contributed by atoms with Crippen LogP contribution in [0.15, 0.2) is 53.2 Å². The quantitative estimate of drug-likeness (QED) is 0.220. The van der Waals surface area contributed by atoms with E-state index in [0.29, 0.717) is 23.7 Å². The van der Waals surface area contributed by atoms with Crippen molar-refractivity contribution in [1.29, 1.82) is 0 Å². The first-order chi connectivity index (χ1) is 16.4. The fourth-order valence-electron chi connectivity index (χ4n) is 4.72. The molecule has 0 bridgehead atoms. The second-order valence-electron chi connectivity index (χ2n) is 10.8. The van der Waals surface area contributed by atoms with Gasteiger partial charge in [0.2, 0.25) is 0 Å². The van der Waals surface area contributed by atoms with Crippen molar-refractivity contribution < 1.29 is 2.58 Å². The van der Waals surface area contributed by atoms with E-state index in [1.54, 1.807) is 0 Å². The van der Waals surface area contributed by atoms with Gasteiger partial charge >= 0.3 is 231 Å². The Bertz CT molecular complexity index is 1000. The van der Waals surface area contributed by atoms with Crippen molar-refractivity contribution in [1.82, 2.24) is 0 Å². The predicted octanol–water partition coefficient (Wildman–Crippen LogP) is 8.90. The van der Waals surface area contributed by atoms with Gasteiger partial charge in [-0.15, -0.1) is 0 Å². The second kappa shape index (κ2) is 13.4. The van der Waals surface area contributed by atoms with Crippen molar-refractivity contribution in [3.8, 4) is 0 Å². The van der Waals surface area contributed by atoms with Gasteiger partial charge in [-0.1, -0.05) is 0 Å². The van der Waals surface area contributed by atoms with Crippen LogP contribution in [0.4, 0.5) is 11.4 Å². The maximum atomic E-state index is 6.10. The topological polar surface area (TPSA) is 24.8 Å². The van der Waals surface area contributed by atoms with Gasteiger partial charge in [0.25, 0.3) is 0 Å². The number of para-hydroxylation sites is 2. The molecule has 2 aromatic carbocycles. The molecule has 0 aromatic heterocycles. The molecule has 0 amide bonds. The van der Waals surface area contributed by atoms with E-state index in [1.807, 2.05) is 0 Å². The van der Waals surface area contributed by atoms with Crippen LogP contribution < -0.4 is 3.88 Å². The molecule has 0 aliphatic rings. The van der Waals surface area contributed by atoms with Crippen LogP contribution in [0.1, 0.15) is 115 Å². The summed E-state index contributed by atoms with van der Waals surface area (Å²) in [5.74, 6) is 4.00. The second-order valence-corrected chi connectivity index (χ2v) is 14.5. The summed E-state index contributed by atoms with van der Waals surface area (Å²) >= 11 is -0.328. The Morgan fingerprint density at radius 3 is 1.57 bits per heavy atom. The van der Waals surface area contributed by atoms with Crippen LogP contribution in [0.25, 0.3) is 0 Å². The average molecular weight is 545 g/mol. The molecule has 35 heavy (non-hydrogen) atoms. The summed E-state index contributed by atoms with van der Waals surface area (Å²) in [6, 6.07) is 13.4. The third kappa shape index (κ3) is 7.40. The fourth-order valence-corrected chi connectivity index (χ4v) is 6.91. The van der Waals surface area contributed by atoms with Crippen LogP contribution in [-0.4, -0.2) is 39.4 Å². The van der Waals surface area contributed by atoms with Gasteiger partial charge in [0.05, 0.1) is 0 Å². The van der Waals surface area contributed by atoms with Gasteiger partial charge in [-0.2, -0.15) is 0 Å². The van der Waals surface area contributed by atoms with E-state index in [-0.39, 0.29) is 0 Å². The molecule has 0 saturated heterocycles. The summed E-state index contributed by atoms with van der Waals surface area (Å²) in [5, 5.41) is 0. The van der Waals surface area contributed by atoms with Crippen LogP contribution >= 0.6 is 0 Å². The van der Waals surface area contributed by atoms with Gasteiger partial charge in [0.15, 0.2) is 0 Å². The van der Waals surface area contributed by atoms with Crippen LogP contribution in [0, 0.1) is 0 Å². The summed E-state index contributed by atoms with van der Waals surface area (Å²) < 4.78 is 8.61. The first-order valence-corrected chi connectivity index (χ1v) is 16.2. The third-order valence-electron chi connectivity index (χ3n) is 6.57. The van der Waals surface area contributed by atoms with Crippen molar-refractivity contribution in [3.63, 3.8) is 0 Å². The molecule has 0 heterocycles. The van der Waals surface area contributed by atoms with Crippen molar-refractivity contribution >= 4 is 50.8 Å². The minimum absolute atomic E-state index is 0.427. The number of benzene rings is 2. The van der Waals surface area contributed by atoms with E-state index in [9.17, 15) is 0 Å². The Hall–Kier alpha value is -1.22. The molecule has 0 unspecified atom stereocenters. The fraction of sp³-hybridized carbons (Fsp3) is 0.500. The Morgan fingerprint density at radius 1 is 0.800 bits per heavy atom. The monoisotopic (exact) mass is 544 g/mol. The zero-order valence-electron chi connectivity index (χ0n) is 23.8. The Balaban J connectivity index is 2.71. The molecule has 186 valence electrons. The summed E-state index contributed by atoms with van der Waals surface area (Å²) in [7, 11) is 0. The molecule has 0 saturated carbocycles. The van der Waals surface area contributed by atoms with Gasteiger partial charge in [-0.25, -0.2) is 0 Å². The van der Waals surface area contributed by atoms with Gasteiger partial charge in [0, 0.05) is 0 Å². The number of anilines is 1. The molecule has 0 atom stereocenters.